The van der Waals surface area contributed by atoms with Crippen LogP contribution in [0.1, 0.15) is 35.8 Å². The summed E-state index contributed by atoms with van der Waals surface area (Å²) in [6.07, 6.45) is 3.58. The van der Waals surface area contributed by atoms with Gasteiger partial charge in [0, 0.05) is 23.4 Å². The second-order valence-corrected chi connectivity index (χ2v) is 7.03. The van der Waals surface area contributed by atoms with E-state index in [1.54, 1.807) is 12.1 Å². The molecule has 1 fully saturated rings. The lowest BCUT2D eigenvalue weighted by atomic mass is 9.95. The molecule has 2 aromatic rings. The fourth-order valence-electron chi connectivity index (χ4n) is 3.17. The van der Waals surface area contributed by atoms with Crippen LogP contribution in [0.25, 0.3) is 0 Å². The maximum absolute atomic E-state index is 12.4. The lowest BCUT2D eigenvalue weighted by Gasteiger charge is -2.24. The van der Waals surface area contributed by atoms with Gasteiger partial charge in [-0.25, -0.2) is 9.98 Å². The molecule has 0 saturated heterocycles. The molecule has 1 aromatic heterocycles. The van der Waals surface area contributed by atoms with E-state index in [9.17, 15) is 4.79 Å². The van der Waals surface area contributed by atoms with Gasteiger partial charge in [-0.15, -0.1) is 0 Å². The van der Waals surface area contributed by atoms with Gasteiger partial charge in [0.2, 0.25) is 0 Å². The Balaban J connectivity index is 1.63. The first-order valence-electron chi connectivity index (χ1n) is 8.43. The molecule has 0 spiro atoms. The Bertz CT molecular complexity index is 913. The zero-order valence-corrected chi connectivity index (χ0v) is 15.0. The zero-order valence-electron chi connectivity index (χ0n) is 14.2. The van der Waals surface area contributed by atoms with E-state index in [0.29, 0.717) is 28.2 Å². The van der Waals surface area contributed by atoms with Crippen molar-refractivity contribution < 1.29 is 4.79 Å². The Morgan fingerprint density at radius 3 is 2.69 bits per heavy atom. The number of hydrogen-bond donors (Lipinski definition) is 2. The van der Waals surface area contributed by atoms with Gasteiger partial charge < -0.3 is 11.1 Å². The van der Waals surface area contributed by atoms with Gasteiger partial charge in [-0.3, -0.25) is 9.79 Å². The molecule has 1 amide bonds. The molecule has 0 radical (unpaired) electrons. The van der Waals surface area contributed by atoms with Crippen LogP contribution in [0.15, 0.2) is 52.6 Å². The van der Waals surface area contributed by atoms with Crippen molar-refractivity contribution in [3.63, 3.8) is 0 Å². The second kappa shape index (κ2) is 6.21. The highest BCUT2D eigenvalue weighted by molar-refractivity contribution is 6.41. The maximum Gasteiger partial charge on any atom is 0.274 e. The highest BCUT2D eigenvalue weighted by atomic mass is 35.5. The molecule has 2 aliphatic rings. The van der Waals surface area contributed by atoms with Crippen LogP contribution in [0.3, 0.4) is 0 Å². The number of anilines is 1. The number of nitrogens with two attached hydrogens (primary N) is 1. The van der Waals surface area contributed by atoms with Gasteiger partial charge in [0.1, 0.15) is 11.5 Å². The largest absolute Gasteiger partial charge is 0.382 e. The molecule has 7 heteroatoms. The van der Waals surface area contributed by atoms with E-state index in [1.807, 2.05) is 31.2 Å². The summed E-state index contributed by atoms with van der Waals surface area (Å²) in [5.41, 5.74) is 7.99. The first-order valence-corrected chi connectivity index (χ1v) is 8.81. The Kier molecular flexibility index (Phi) is 4.00. The molecular weight excluding hydrogens is 350 g/mol. The smallest absolute Gasteiger partial charge is 0.274 e. The molecule has 0 bridgehead atoms. The molecule has 1 aliphatic heterocycles. The Morgan fingerprint density at radius 2 is 2.08 bits per heavy atom. The molecule has 1 atom stereocenters. The molecule has 1 aromatic carbocycles. The normalized spacial score (nSPS) is 21.9. The van der Waals surface area contributed by atoms with Crippen molar-refractivity contribution in [3.8, 4) is 0 Å². The van der Waals surface area contributed by atoms with Gasteiger partial charge >= 0.3 is 0 Å². The number of carbonyl (C=O) groups excluding carboxylic acids is 1. The van der Waals surface area contributed by atoms with Crippen molar-refractivity contribution in [1.82, 2.24) is 4.98 Å². The van der Waals surface area contributed by atoms with Crippen LogP contribution in [-0.4, -0.2) is 22.4 Å². The number of nitrogens with one attached hydrogen (secondary N) is 1. The van der Waals surface area contributed by atoms with E-state index in [-0.39, 0.29) is 5.91 Å². The Morgan fingerprint density at radius 1 is 1.27 bits per heavy atom. The lowest BCUT2D eigenvalue weighted by molar-refractivity contribution is 0.102. The van der Waals surface area contributed by atoms with Crippen LogP contribution in [-0.2, 0) is 5.66 Å². The second-order valence-electron chi connectivity index (χ2n) is 6.59. The van der Waals surface area contributed by atoms with Crippen LogP contribution in [0.4, 0.5) is 5.69 Å². The highest BCUT2D eigenvalue weighted by Gasteiger charge is 2.49. The zero-order chi connectivity index (χ0) is 18.3. The van der Waals surface area contributed by atoms with Gasteiger partial charge in [0.25, 0.3) is 5.91 Å². The summed E-state index contributed by atoms with van der Waals surface area (Å²) in [6, 6.07) is 10.8. The molecule has 1 unspecified atom stereocenters. The van der Waals surface area contributed by atoms with Gasteiger partial charge in [-0.2, -0.15) is 0 Å². The average Bonchev–Trinajstić information content (AvgIpc) is 3.43. The van der Waals surface area contributed by atoms with Crippen molar-refractivity contribution in [2.45, 2.75) is 25.4 Å². The Labute approximate surface area is 156 Å². The lowest BCUT2D eigenvalue weighted by Crippen LogP contribution is -2.23. The fourth-order valence-corrected chi connectivity index (χ4v) is 3.28. The number of amidine groups is 1. The summed E-state index contributed by atoms with van der Waals surface area (Å²) < 4.78 is 0. The van der Waals surface area contributed by atoms with Crippen molar-refractivity contribution in [2.75, 3.05) is 5.32 Å². The number of rotatable bonds is 4. The number of carbonyl (C=O) groups is 1. The Hall–Kier alpha value is -2.73. The van der Waals surface area contributed by atoms with E-state index < -0.39 is 5.66 Å². The minimum Gasteiger partial charge on any atom is -0.382 e. The number of hydrogen-bond acceptors (Lipinski definition) is 5. The molecule has 2 heterocycles. The topological polar surface area (TPSA) is 92.7 Å². The summed E-state index contributed by atoms with van der Waals surface area (Å²) in [6.45, 7) is 1.88. The predicted molar refractivity (Wildman–Crippen MR) is 103 cm³/mol. The molecule has 1 saturated carbocycles. The van der Waals surface area contributed by atoms with Crippen molar-refractivity contribution in [2.24, 2.45) is 21.6 Å². The number of benzene rings is 1. The van der Waals surface area contributed by atoms with Crippen LogP contribution in [0.2, 0.25) is 5.02 Å². The number of aliphatic imine (C=N–C) groups is 2. The third kappa shape index (κ3) is 2.97. The number of pyridine rings is 1. The molecule has 1 aliphatic carbocycles. The molecule has 3 N–H and O–H groups in total. The summed E-state index contributed by atoms with van der Waals surface area (Å²) in [5, 5.41) is 3.35. The van der Waals surface area contributed by atoms with Gasteiger partial charge in [0.05, 0.1) is 10.7 Å². The molecule has 4 rings (SSSR count). The molecular formula is C19H18ClN5O. The molecule has 6 nitrogen and oxygen atoms in total. The summed E-state index contributed by atoms with van der Waals surface area (Å²) in [7, 11) is 0. The van der Waals surface area contributed by atoms with E-state index in [2.05, 4.69) is 15.3 Å². The van der Waals surface area contributed by atoms with Gasteiger partial charge in [0.15, 0.2) is 5.66 Å². The molecule has 132 valence electrons. The minimum atomic E-state index is -0.659. The van der Waals surface area contributed by atoms with Crippen molar-refractivity contribution in [1.29, 1.82) is 0 Å². The average molecular weight is 368 g/mol. The monoisotopic (exact) mass is 367 g/mol. The van der Waals surface area contributed by atoms with Crippen LogP contribution >= 0.6 is 11.6 Å². The molecule has 26 heavy (non-hydrogen) atoms. The van der Waals surface area contributed by atoms with Gasteiger partial charge in [-0.1, -0.05) is 23.7 Å². The minimum absolute atomic E-state index is 0.298. The van der Waals surface area contributed by atoms with E-state index >= 15 is 0 Å². The predicted octanol–water partition coefficient (Wildman–Crippen LogP) is 3.38. The van der Waals surface area contributed by atoms with Crippen molar-refractivity contribution >= 4 is 34.7 Å². The maximum atomic E-state index is 12.4. The number of nitrogens with zero attached hydrogens (tertiary/aromatic N) is 3. The number of halogens is 1. The number of aromatic nitrogens is 1. The van der Waals surface area contributed by atoms with Crippen LogP contribution < -0.4 is 11.1 Å². The first-order chi connectivity index (χ1) is 12.5. The van der Waals surface area contributed by atoms with Crippen LogP contribution in [0, 0.1) is 5.92 Å². The quantitative estimate of drug-likeness (QED) is 0.867. The van der Waals surface area contributed by atoms with Gasteiger partial charge in [-0.05, 0) is 44.0 Å². The third-order valence-electron chi connectivity index (χ3n) is 4.65. The van der Waals surface area contributed by atoms with Crippen molar-refractivity contribution in [3.05, 3.63) is 58.9 Å². The summed E-state index contributed by atoms with van der Waals surface area (Å²) in [4.78, 5) is 25.9. The summed E-state index contributed by atoms with van der Waals surface area (Å²) >= 11 is 5.82. The fraction of sp³-hybridized carbons (Fsp3) is 0.263. The summed E-state index contributed by atoms with van der Waals surface area (Å²) in [5.74, 6) is 0.535. The van der Waals surface area contributed by atoms with E-state index in [4.69, 9.17) is 22.3 Å². The number of amides is 1. The van der Waals surface area contributed by atoms with Crippen LogP contribution in [0.5, 0.6) is 0 Å². The van der Waals surface area contributed by atoms with E-state index in [0.717, 1.165) is 24.1 Å². The highest BCUT2D eigenvalue weighted by Crippen LogP contribution is 2.51. The standard InChI is InChI=1S/C19H18ClN5O/c1-11-17(21)25-19(24-11,12-5-6-12)13-3-2-4-15(9-13)23-18(26)16-8-7-14(20)10-22-16/h2-4,7-10,12H,5-6H2,1H3,(H2,21,25)(H,23,26). The van der Waals surface area contributed by atoms with E-state index in [1.165, 1.54) is 6.20 Å². The first kappa shape index (κ1) is 16.7. The third-order valence-corrected chi connectivity index (χ3v) is 4.88. The SMILES string of the molecule is CC1=NC(c2cccc(NC(=O)c3ccc(Cl)cn3)c2)(C2CC2)N=C1N.